The maximum atomic E-state index is 12.1. The van der Waals surface area contributed by atoms with Gasteiger partial charge in [-0.2, -0.15) is 10.5 Å². The van der Waals surface area contributed by atoms with Crippen LogP contribution in [0.4, 0.5) is 5.82 Å². The number of aromatic nitrogens is 1. The van der Waals surface area contributed by atoms with E-state index >= 15 is 0 Å². The smallest absolute Gasteiger partial charge is 0.343 e. The number of carbonyl (C=O) groups excluding carboxylic acids is 1. The molecule has 0 atom stereocenters. The number of benzene rings is 1. The van der Waals surface area contributed by atoms with Crippen molar-refractivity contribution in [1.29, 1.82) is 10.5 Å². The molecule has 3 N–H and O–H groups in total. The number of hydrogen-bond donors (Lipinski definition) is 2. The van der Waals surface area contributed by atoms with Crippen LogP contribution in [0.3, 0.4) is 0 Å². The molecule has 0 saturated heterocycles. The lowest BCUT2D eigenvalue weighted by molar-refractivity contribution is -0.142. The predicted molar refractivity (Wildman–Crippen MR) is 98.1 cm³/mol. The Labute approximate surface area is 162 Å². The topological polar surface area (TPSA) is 151 Å². The molecule has 0 aliphatic heterocycles. The van der Waals surface area contributed by atoms with Crippen LogP contribution in [-0.2, 0) is 9.53 Å². The van der Waals surface area contributed by atoms with Crippen molar-refractivity contribution < 1.29 is 19.0 Å². The maximum absolute atomic E-state index is 12.1. The minimum atomic E-state index is -0.717. The Morgan fingerprint density at radius 3 is 2.48 bits per heavy atom. The van der Waals surface area contributed by atoms with Gasteiger partial charge in [0.25, 0.3) is 5.56 Å². The normalized spacial score (nSPS) is 9.81. The largest absolute Gasteiger partial charge is 0.493 e. The molecular weight excluding hydrogens is 420 g/mol. The zero-order valence-corrected chi connectivity index (χ0v) is 15.8. The van der Waals surface area contributed by atoms with Crippen LogP contribution in [0.1, 0.15) is 11.1 Å². The molecule has 0 amide bonds. The lowest BCUT2D eigenvalue weighted by Crippen LogP contribution is -2.16. The van der Waals surface area contributed by atoms with E-state index in [4.69, 9.17) is 15.2 Å². The second-order valence-electron chi connectivity index (χ2n) is 5.07. The second-order valence-corrected chi connectivity index (χ2v) is 5.93. The summed E-state index contributed by atoms with van der Waals surface area (Å²) in [5.74, 6) is -0.331. The number of nitrogens with zero attached hydrogens (tertiary/aromatic N) is 2. The first-order valence-corrected chi connectivity index (χ1v) is 8.10. The Morgan fingerprint density at radius 2 is 1.93 bits per heavy atom. The van der Waals surface area contributed by atoms with E-state index in [2.05, 4.69) is 25.7 Å². The van der Waals surface area contributed by atoms with Gasteiger partial charge in [0.1, 0.15) is 29.1 Å². The lowest BCUT2D eigenvalue weighted by Gasteiger charge is -2.15. The van der Waals surface area contributed by atoms with Crippen molar-refractivity contribution >= 4 is 27.7 Å². The Kier molecular flexibility index (Phi) is 6.06. The molecule has 0 radical (unpaired) electrons. The van der Waals surface area contributed by atoms with Gasteiger partial charge in [0.05, 0.1) is 18.7 Å². The van der Waals surface area contributed by atoms with Crippen LogP contribution in [0, 0.1) is 22.7 Å². The minimum absolute atomic E-state index is 0.0525. The van der Waals surface area contributed by atoms with Gasteiger partial charge in [-0.25, -0.2) is 4.79 Å². The number of hydrogen-bond acceptors (Lipinski definition) is 8. The summed E-state index contributed by atoms with van der Waals surface area (Å²) < 4.78 is 15.6. The fourth-order valence-corrected chi connectivity index (χ4v) is 2.88. The van der Waals surface area contributed by atoms with Crippen LogP contribution in [0.25, 0.3) is 11.1 Å². The van der Waals surface area contributed by atoms with Gasteiger partial charge in [-0.1, -0.05) is 0 Å². The van der Waals surface area contributed by atoms with Crippen molar-refractivity contribution in [1.82, 2.24) is 4.98 Å². The molecular formula is C17H13BrN4O5. The minimum Gasteiger partial charge on any atom is -0.493 e. The number of nitrogen functional groups attached to an aromatic ring is 1. The van der Waals surface area contributed by atoms with Crippen LogP contribution < -0.4 is 20.8 Å². The number of nitrogens with two attached hydrogens (primary N) is 1. The SMILES string of the molecule is COC(=O)COc1c(Br)cc(-c2c(C#N)c(N)[nH]c(=O)c2C#N)cc1OC. The van der Waals surface area contributed by atoms with Gasteiger partial charge in [0.15, 0.2) is 18.1 Å². The highest BCUT2D eigenvalue weighted by Gasteiger charge is 2.21. The molecule has 9 nitrogen and oxygen atoms in total. The highest BCUT2D eigenvalue weighted by molar-refractivity contribution is 9.10. The number of ether oxygens (including phenoxy) is 3. The summed E-state index contributed by atoms with van der Waals surface area (Å²) in [6.07, 6.45) is 0. The fraction of sp³-hybridized carbons (Fsp3) is 0.176. The van der Waals surface area contributed by atoms with Crippen molar-refractivity contribution in [3.05, 3.63) is 38.1 Å². The van der Waals surface area contributed by atoms with Crippen LogP contribution in [0.5, 0.6) is 11.5 Å². The first-order valence-electron chi connectivity index (χ1n) is 7.31. The highest BCUT2D eigenvalue weighted by Crippen LogP contribution is 2.41. The third kappa shape index (κ3) is 3.86. The number of carbonyl (C=O) groups is 1. The first kappa shape index (κ1) is 19.8. The van der Waals surface area contributed by atoms with E-state index in [9.17, 15) is 20.1 Å². The number of nitriles is 2. The molecule has 0 unspecified atom stereocenters. The van der Waals surface area contributed by atoms with Gasteiger partial charge in [0, 0.05) is 5.56 Å². The number of halogens is 1. The molecule has 138 valence electrons. The van der Waals surface area contributed by atoms with Gasteiger partial charge >= 0.3 is 5.97 Å². The predicted octanol–water partition coefficient (Wildman–Crippen LogP) is 1.69. The molecule has 1 aromatic heterocycles. The zero-order valence-electron chi connectivity index (χ0n) is 14.3. The molecule has 1 heterocycles. The van der Waals surface area contributed by atoms with Crippen LogP contribution in [0.15, 0.2) is 21.4 Å². The van der Waals surface area contributed by atoms with Gasteiger partial charge in [-0.3, -0.25) is 4.79 Å². The standard InChI is InChI=1S/C17H13BrN4O5/c1-25-12-4-8(3-11(18)15(12)27-7-13(23)26-2)14-9(5-19)16(21)22-17(24)10(14)6-20/h3-4H,7H2,1-2H3,(H3,21,22,24). The molecule has 0 aliphatic rings. The van der Waals surface area contributed by atoms with E-state index in [1.807, 2.05) is 6.07 Å². The number of rotatable bonds is 5. The number of anilines is 1. The van der Waals surface area contributed by atoms with Gasteiger partial charge in [-0.05, 0) is 33.6 Å². The van der Waals surface area contributed by atoms with Crippen LogP contribution in [-0.4, -0.2) is 31.8 Å². The van der Waals surface area contributed by atoms with Crippen LogP contribution in [0.2, 0.25) is 0 Å². The highest BCUT2D eigenvalue weighted by atomic mass is 79.9. The Hall–Kier alpha value is -3.50. The van der Waals surface area contributed by atoms with E-state index < -0.39 is 11.5 Å². The summed E-state index contributed by atoms with van der Waals surface area (Å²) >= 11 is 3.30. The summed E-state index contributed by atoms with van der Waals surface area (Å²) in [5.41, 5.74) is 5.08. The molecule has 1 aromatic carbocycles. The van der Waals surface area contributed by atoms with Crippen LogP contribution >= 0.6 is 15.9 Å². The van der Waals surface area contributed by atoms with Gasteiger partial charge < -0.3 is 24.9 Å². The first-order chi connectivity index (χ1) is 12.9. The molecule has 0 fully saturated rings. The van der Waals surface area contributed by atoms with Crippen molar-refractivity contribution in [3.8, 4) is 34.8 Å². The Balaban J connectivity index is 2.71. The van der Waals surface area contributed by atoms with E-state index in [1.54, 1.807) is 6.07 Å². The zero-order chi connectivity index (χ0) is 20.1. The lowest BCUT2D eigenvalue weighted by atomic mass is 9.96. The van der Waals surface area contributed by atoms with Crippen molar-refractivity contribution in [2.24, 2.45) is 0 Å². The summed E-state index contributed by atoms with van der Waals surface area (Å²) in [4.78, 5) is 25.6. The molecule has 0 saturated carbocycles. The summed E-state index contributed by atoms with van der Waals surface area (Å²) in [7, 11) is 2.60. The maximum Gasteiger partial charge on any atom is 0.343 e. The third-order valence-corrected chi connectivity index (χ3v) is 4.14. The van der Waals surface area contributed by atoms with Crippen molar-refractivity contribution in [3.63, 3.8) is 0 Å². The number of nitrogens with one attached hydrogen (secondary N) is 1. The molecule has 2 rings (SSSR count). The summed E-state index contributed by atoms with van der Waals surface area (Å²) in [6.45, 7) is -0.352. The summed E-state index contributed by atoms with van der Waals surface area (Å²) in [5, 5.41) is 18.8. The fourth-order valence-electron chi connectivity index (χ4n) is 2.33. The Morgan fingerprint density at radius 1 is 1.26 bits per heavy atom. The van der Waals surface area contributed by atoms with E-state index in [0.717, 1.165) is 0 Å². The van der Waals surface area contributed by atoms with Crippen molar-refractivity contribution in [2.45, 2.75) is 0 Å². The molecule has 10 heteroatoms. The van der Waals surface area contributed by atoms with E-state index in [0.29, 0.717) is 10.0 Å². The molecule has 2 aromatic rings. The Bertz CT molecular complexity index is 1050. The van der Waals surface area contributed by atoms with Gasteiger partial charge in [-0.15, -0.1) is 0 Å². The number of pyridine rings is 1. The van der Waals surface area contributed by atoms with Gasteiger partial charge in [0.2, 0.25) is 0 Å². The monoisotopic (exact) mass is 432 g/mol. The van der Waals surface area contributed by atoms with E-state index in [-0.39, 0.29) is 40.6 Å². The summed E-state index contributed by atoms with van der Waals surface area (Å²) in [6, 6.07) is 6.66. The molecule has 0 spiro atoms. The number of methoxy groups -OCH3 is 2. The number of esters is 1. The average molecular weight is 433 g/mol. The molecule has 0 aliphatic carbocycles. The third-order valence-electron chi connectivity index (χ3n) is 3.55. The average Bonchev–Trinajstić information content (AvgIpc) is 2.65. The van der Waals surface area contributed by atoms with E-state index in [1.165, 1.54) is 26.4 Å². The number of aromatic amines is 1. The van der Waals surface area contributed by atoms with Crippen molar-refractivity contribution in [2.75, 3.05) is 26.6 Å². The number of H-pyrrole nitrogens is 1. The second kappa shape index (κ2) is 8.25. The molecule has 0 bridgehead atoms. The molecule has 27 heavy (non-hydrogen) atoms. The quantitative estimate of drug-likeness (QED) is 0.676.